The number of alkyl halides is 3. The number of fused-ring (bicyclic) bond motifs is 2. The van der Waals surface area contributed by atoms with Crippen LogP contribution in [0.3, 0.4) is 0 Å². The number of halogens is 4. The van der Waals surface area contributed by atoms with E-state index in [1.54, 1.807) is 0 Å². The topological polar surface area (TPSA) is 32.3 Å². The summed E-state index contributed by atoms with van der Waals surface area (Å²) in [5, 5.41) is 3.32. The second-order valence-electron chi connectivity index (χ2n) is 5.61. The van der Waals surface area contributed by atoms with Crippen LogP contribution in [0.2, 0.25) is 0 Å². The first-order valence-corrected chi connectivity index (χ1v) is 7.51. The molecule has 0 aromatic heterocycles. The Balaban J connectivity index is 1.77. The van der Waals surface area contributed by atoms with Crippen molar-refractivity contribution in [3.05, 3.63) is 28.2 Å². The molecule has 3 rings (SSSR count). The van der Waals surface area contributed by atoms with E-state index in [9.17, 15) is 18.0 Å². The predicted molar refractivity (Wildman–Crippen MR) is 76.2 cm³/mol. The van der Waals surface area contributed by atoms with E-state index in [0.717, 1.165) is 20.6 Å². The number of likely N-dealkylation sites (tertiary alicyclic amines) is 1. The number of nitrogens with zero attached hydrogens (tertiary/aromatic N) is 1. The third-order valence-corrected chi connectivity index (χ3v) is 4.91. The van der Waals surface area contributed by atoms with E-state index >= 15 is 0 Å². The van der Waals surface area contributed by atoms with Crippen molar-refractivity contribution in [1.29, 1.82) is 0 Å². The number of piperidine rings is 1. The number of benzene rings is 1. The lowest BCUT2D eigenvalue weighted by molar-refractivity contribution is -0.186. The molecule has 7 heteroatoms. The van der Waals surface area contributed by atoms with Crippen LogP contribution in [0.15, 0.2) is 22.7 Å². The number of nitrogens with one attached hydrogen (secondary N) is 1. The molecule has 0 radical (unpaired) electrons. The normalized spacial score (nSPS) is 20.3. The molecule has 0 saturated carbocycles. The molecule has 114 valence electrons. The number of hydrogen-bond donors (Lipinski definition) is 1. The van der Waals surface area contributed by atoms with E-state index in [2.05, 4.69) is 21.2 Å². The molecule has 0 aliphatic carbocycles. The van der Waals surface area contributed by atoms with E-state index in [0.29, 0.717) is 19.4 Å². The highest BCUT2D eigenvalue weighted by Gasteiger charge is 2.47. The van der Waals surface area contributed by atoms with Gasteiger partial charge in [-0.15, -0.1) is 0 Å². The molecule has 0 atom stereocenters. The molecular formula is C14H14BrF3N2O. The second kappa shape index (κ2) is 4.90. The van der Waals surface area contributed by atoms with Crippen molar-refractivity contribution in [2.24, 2.45) is 0 Å². The zero-order valence-electron chi connectivity index (χ0n) is 11.1. The first kappa shape index (κ1) is 14.7. The smallest absolute Gasteiger partial charge is 0.384 e. The minimum atomic E-state index is -4.78. The van der Waals surface area contributed by atoms with Gasteiger partial charge in [0, 0.05) is 35.2 Å². The number of amides is 1. The lowest BCUT2D eigenvalue weighted by atomic mass is 9.74. The van der Waals surface area contributed by atoms with Crippen LogP contribution in [0.1, 0.15) is 18.4 Å². The summed E-state index contributed by atoms with van der Waals surface area (Å²) in [6.07, 6.45) is -3.67. The van der Waals surface area contributed by atoms with Gasteiger partial charge in [-0.1, -0.05) is 22.0 Å². The Kier molecular flexibility index (Phi) is 3.43. The van der Waals surface area contributed by atoms with Crippen LogP contribution in [-0.2, 0) is 10.2 Å². The third-order valence-electron chi connectivity index (χ3n) is 4.42. The van der Waals surface area contributed by atoms with Crippen LogP contribution in [-0.4, -0.2) is 36.6 Å². The van der Waals surface area contributed by atoms with Gasteiger partial charge >= 0.3 is 12.1 Å². The Hall–Kier alpha value is -1.24. The van der Waals surface area contributed by atoms with Crippen LogP contribution >= 0.6 is 15.9 Å². The zero-order valence-corrected chi connectivity index (χ0v) is 12.7. The Bertz CT molecular complexity index is 580. The summed E-state index contributed by atoms with van der Waals surface area (Å²) in [5.74, 6) is -1.72. The quantitative estimate of drug-likeness (QED) is 0.767. The standard InChI is InChI=1S/C14H14BrF3N2O/c15-9-1-2-10-11(7-9)19-8-13(10)3-5-20(6-4-13)12(21)14(16,17)18/h1-2,7,19H,3-6,8H2. The highest BCUT2D eigenvalue weighted by molar-refractivity contribution is 9.10. The first-order chi connectivity index (χ1) is 9.82. The summed E-state index contributed by atoms with van der Waals surface area (Å²) < 4.78 is 38.4. The van der Waals surface area contributed by atoms with Crippen LogP contribution in [0.25, 0.3) is 0 Å². The van der Waals surface area contributed by atoms with Crippen molar-refractivity contribution in [2.45, 2.75) is 24.4 Å². The SMILES string of the molecule is O=C(N1CCC2(CC1)CNc1cc(Br)ccc12)C(F)(F)F. The van der Waals surface area contributed by atoms with Gasteiger partial charge in [-0.25, -0.2) is 0 Å². The van der Waals surface area contributed by atoms with Gasteiger partial charge in [0.25, 0.3) is 0 Å². The van der Waals surface area contributed by atoms with Gasteiger partial charge < -0.3 is 10.2 Å². The van der Waals surface area contributed by atoms with Gasteiger partial charge in [-0.3, -0.25) is 4.79 Å². The maximum Gasteiger partial charge on any atom is 0.471 e. The number of rotatable bonds is 0. The maximum atomic E-state index is 12.5. The fraction of sp³-hybridized carbons (Fsp3) is 0.500. The van der Waals surface area contributed by atoms with Crippen molar-refractivity contribution < 1.29 is 18.0 Å². The molecule has 1 N–H and O–H groups in total. The van der Waals surface area contributed by atoms with Crippen molar-refractivity contribution in [2.75, 3.05) is 25.0 Å². The fourth-order valence-corrected chi connectivity index (χ4v) is 3.61. The van der Waals surface area contributed by atoms with Gasteiger partial charge in [0.05, 0.1) is 0 Å². The monoisotopic (exact) mass is 362 g/mol. The van der Waals surface area contributed by atoms with Crippen LogP contribution in [0.5, 0.6) is 0 Å². The predicted octanol–water partition coefficient (Wildman–Crippen LogP) is 3.30. The van der Waals surface area contributed by atoms with Crippen molar-refractivity contribution in [3.63, 3.8) is 0 Å². The van der Waals surface area contributed by atoms with Gasteiger partial charge in [-0.2, -0.15) is 13.2 Å². The van der Waals surface area contributed by atoms with Gasteiger partial charge in [0.1, 0.15) is 0 Å². The number of carbonyl (C=O) groups is 1. The van der Waals surface area contributed by atoms with Crippen LogP contribution in [0, 0.1) is 0 Å². The summed E-state index contributed by atoms with van der Waals surface area (Å²) in [5.41, 5.74) is 2.02. The Morgan fingerprint density at radius 2 is 1.95 bits per heavy atom. The molecule has 1 fully saturated rings. The molecule has 0 bridgehead atoms. The lowest BCUT2D eigenvalue weighted by Crippen LogP contribution is -2.50. The molecule has 2 aliphatic heterocycles. The molecular weight excluding hydrogens is 349 g/mol. The first-order valence-electron chi connectivity index (χ1n) is 6.72. The zero-order chi connectivity index (χ0) is 15.3. The fourth-order valence-electron chi connectivity index (χ4n) is 3.25. The summed E-state index contributed by atoms with van der Waals surface area (Å²) in [6.45, 7) is 1.01. The third kappa shape index (κ3) is 2.52. The summed E-state index contributed by atoms with van der Waals surface area (Å²) in [6, 6.07) is 5.94. The molecule has 1 aromatic carbocycles. The summed E-state index contributed by atoms with van der Waals surface area (Å²) in [7, 11) is 0. The average Bonchev–Trinajstić information content (AvgIpc) is 2.76. The van der Waals surface area contributed by atoms with Crippen LogP contribution < -0.4 is 5.32 Å². The summed E-state index contributed by atoms with van der Waals surface area (Å²) >= 11 is 3.41. The highest BCUT2D eigenvalue weighted by atomic mass is 79.9. The van der Waals surface area contributed by atoms with E-state index in [4.69, 9.17) is 0 Å². The maximum absolute atomic E-state index is 12.5. The minimum Gasteiger partial charge on any atom is -0.384 e. The van der Waals surface area contributed by atoms with Crippen molar-refractivity contribution in [1.82, 2.24) is 4.90 Å². The van der Waals surface area contributed by atoms with Crippen molar-refractivity contribution in [3.8, 4) is 0 Å². The van der Waals surface area contributed by atoms with E-state index < -0.39 is 12.1 Å². The molecule has 1 amide bonds. The Morgan fingerprint density at radius 1 is 1.29 bits per heavy atom. The lowest BCUT2D eigenvalue weighted by Gasteiger charge is -2.39. The highest BCUT2D eigenvalue weighted by Crippen LogP contribution is 2.45. The largest absolute Gasteiger partial charge is 0.471 e. The second-order valence-corrected chi connectivity index (χ2v) is 6.53. The van der Waals surface area contributed by atoms with Gasteiger partial charge in [0.2, 0.25) is 0 Å². The molecule has 21 heavy (non-hydrogen) atoms. The molecule has 2 aliphatic rings. The Morgan fingerprint density at radius 3 is 2.57 bits per heavy atom. The van der Waals surface area contributed by atoms with Crippen LogP contribution in [0.4, 0.5) is 18.9 Å². The van der Waals surface area contributed by atoms with E-state index in [1.807, 2.05) is 18.2 Å². The molecule has 0 unspecified atom stereocenters. The number of hydrogen-bond acceptors (Lipinski definition) is 2. The molecule has 1 spiro atoms. The van der Waals surface area contributed by atoms with Crippen molar-refractivity contribution >= 4 is 27.5 Å². The number of carbonyl (C=O) groups excluding carboxylic acids is 1. The van der Waals surface area contributed by atoms with E-state index in [1.165, 1.54) is 0 Å². The minimum absolute atomic E-state index is 0.148. The molecule has 1 saturated heterocycles. The average molecular weight is 363 g/mol. The summed E-state index contributed by atoms with van der Waals surface area (Å²) in [4.78, 5) is 12.2. The molecule has 1 aromatic rings. The van der Waals surface area contributed by atoms with Gasteiger partial charge in [0.15, 0.2) is 0 Å². The van der Waals surface area contributed by atoms with Gasteiger partial charge in [-0.05, 0) is 30.5 Å². The molecule has 3 nitrogen and oxygen atoms in total. The van der Waals surface area contributed by atoms with E-state index in [-0.39, 0.29) is 18.5 Å². The molecule has 2 heterocycles. The Labute approximate surface area is 128 Å². The number of anilines is 1.